The van der Waals surface area contributed by atoms with Crippen LogP contribution in [0.15, 0.2) is 48.5 Å². The van der Waals surface area contributed by atoms with Gasteiger partial charge in [-0.2, -0.15) is 18.0 Å². The molecule has 2 heterocycles. The van der Waals surface area contributed by atoms with E-state index in [0.29, 0.717) is 43.1 Å². The third kappa shape index (κ3) is 6.12. The second-order valence-corrected chi connectivity index (χ2v) is 8.47. The van der Waals surface area contributed by atoms with Crippen LogP contribution in [0.4, 0.5) is 13.2 Å². The molecule has 1 fully saturated rings. The average Bonchev–Trinajstić information content (AvgIpc) is 3.45. The topological polar surface area (TPSA) is 73.1 Å². The Morgan fingerprint density at radius 2 is 1.94 bits per heavy atom. The zero-order valence-corrected chi connectivity index (χ0v) is 18.8. The highest BCUT2D eigenvalue weighted by molar-refractivity contribution is 5.76. The van der Waals surface area contributed by atoms with Crippen molar-refractivity contribution in [2.24, 2.45) is 5.92 Å². The standard InChI is InChI=1S/C24H26F3N5O2/c1-17-28-30-32(29-17)15-20-13-21(24(25,26)27)9-7-19(20)8-10-23(33)31-12-11-18(14-31)16-34-22-5-3-2-4-6-22/h2-7,9,13,18H,8,10-12,14-16H2,1H3. The second-order valence-electron chi connectivity index (χ2n) is 8.47. The van der Waals surface area contributed by atoms with Gasteiger partial charge in [0.1, 0.15) is 5.75 Å². The van der Waals surface area contributed by atoms with Crippen LogP contribution < -0.4 is 4.74 Å². The summed E-state index contributed by atoms with van der Waals surface area (Å²) in [5, 5.41) is 11.7. The molecule has 1 amide bonds. The first-order chi connectivity index (χ1) is 16.3. The van der Waals surface area contributed by atoms with Gasteiger partial charge in [-0.1, -0.05) is 24.3 Å². The molecule has 1 saturated heterocycles. The molecule has 1 aliphatic heterocycles. The van der Waals surface area contributed by atoms with E-state index in [1.807, 2.05) is 35.2 Å². The van der Waals surface area contributed by atoms with Gasteiger partial charge in [0.25, 0.3) is 0 Å². The van der Waals surface area contributed by atoms with Gasteiger partial charge in [0.05, 0.1) is 18.7 Å². The number of hydrogen-bond acceptors (Lipinski definition) is 5. The van der Waals surface area contributed by atoms with Crippen LogP contribution in [0.25, 0.3) is 0 Å². The molecule has 4 rings (SSSR count). The number of para-hydroxylation sites is 1. The maximum Gasteiger partial charge on any atom is 0.416 e. The fourth-order valence-corrected chi connectivity index (χ4v) is 4.06. The van der Waals surface area contributed by atoms with E-state index in [0.717, 1.165) is 24.3 Å². The Kier molecular flexibility index (Phi) is 7.14. The van der Waals surface area contributed by atoms with Crippen LogP contribution in [-0.4, -0.2) is 50.7 Å². The van der Waals surface area contributed by atoms with Crippen molar-refractivity contribution in [2.45, 2.75) is 38.9 Å². The number of aromatic nitrogens is 4. The third-order valence-electron chi connectivity index (χ3n) is 5.87. The first-order valence-corrected chi connectivity index (χ1v) is 11.2. The van der Waals surface area contributed by atoms with Crippen molar-refractivity contribution >= 4 is 5.91 Å². The van der Waals surface area contributed by atoms with Crippen molar-refractivity contribution in [1.29, 1.82) is 0 Å². The van der Waals surface area contributed by atoms with Gasteiger partial charge in [0.2, 0.25) is 5.91 Å². The van der Waals surface area contributed by atoms with Crippen LogP contribution in [0.1, 0.15) is 35.4 Å². The molecule has 1 aliphatic rings. The summed E-state index contributed by atoms with van der Waals surface area (Å²) >= 11 is 0. The molecule has 0 bridgehead atoms. The smallest absolute Gasteiger partial charge is 0.416 e. The van der Waals surface area contributed by atoms with E-state index in [2.05, 4.69) is 15.4 Å². The van der Waals surface area contributed by atoms with Crippen LogP contribution in [0.5, 0.6) is 5.75 Å². The maximum atomic E-state index is 13.2. The summed E-state index contributed by atoms with van der Waals surface area (Å²) in [5.74, 6) is 1.48. The summed E-state index contributed by atoms with van der Waals surface area (Å²) in [6, 6.07) is 13.1. The predicted octanol–water partition coefficient (Wildman–Crippen LogP) is 3.91. The van der Waals surface area contributed by atoms with Crippen LogP contribution in [0.3, 0.4) is 0 Å². The zero-order chi connectivity index (χ0) is 24.1. The lowest BCUT2D eigenvalue weighted by Crippen LogP contribution is -2.29. The fraction of sp³-hybridized carbons (Fsp3) is 0.417. The van der Waals surface area contributed by atoms with Crippen molar-refractivity contribution in [1.82, 2.24) is 25.1 Å². The molecule has 180 valence electrons. The number of alkyl halides is 3. The van der Waals surface area contributed by atoms with Crippen LogP contribution in [0.2, 0.25) is 0 Å². The lowest BCUT2D eigenvalue weighted by atomic mass is 9.99. The Morgan fingerprint density at radius 1 is 1.15 bits per heavy atom. The number of amides is 1. The first-order valence-electron chi connectivity index (χ1n) is 11.2. The molecular weight excluding hydrogens is 447 g/mol. The van der Waals surface area contributed by atoms with E-state index in [1.54, 1.807) is 6.92 Å². The van der Waals surface area contributed by atoms with E-state index >= 15 is 0 Å². The number of carbonyl (C=O) groups is 1. The molecule has 0 radical (unpaired) electrons. The van der Waals surface area contributed by atoms with Gasteiger partial charge in [-0.15, -0.1) is 10.2 Å². The van der Waals surface area contributed by atoms with Crippen molar-refractivity contribution in [3.8, 4) is 5.75 Å². The van der Waals surface area contributed by atoms with Crippen molar-refractivity contribution in [3.63, 3.8) is 0 Å². The largest absolute Gasteiger partial charge is 0.493 e. The normalized spacial score (nSPS) is 16.1. The highest BCUT2D eigenvalue weighted by atomic mass is 19.4. The number of tetrazole rings is 1. The fourth-order valence-electron chi connectivity index (χ4n) is 4.06. The molecule has 0 spiro atoms. The molecule has 34 heavy (non-hydrogen) atoms. The predicted molar refractivity (Wildman–Crippen MR) is 118 cm³/mol. The molecule has 1 unspecified atom stereocenters. The number of halogens is 3. The molecule has 0 N–H and O–H groups in total. The van der Waals surface area contributed by atoms with E-state index < -0.39 is 11.7 Å². The SMILES string of the molecule is Cc1nnn(Cc2cc(C(F)(F)F)ccc2CCC(=O)N2CCC(COc3ccccc3)C2)n1. The molecule has 0 saturated carbocycles. The Morgan fingerprint density at radius 3 is 2.65 bits per heavy atom. The lowest BCUT2D eigenvalue weighted by Gasteiger charge is -2.18. The summed E-state index contributed by atoms with van der Waals surface area (Å²) in [5.41, 5.74) is 0.352. The van der Waals surface area contributed by atoms with E-state index in [9.17, 15) is 18.0 Å². The maximum absolute atomic E-state index is 13.2. The van der Waals surface area contributed by atoms with Gasteiger partial charge in [-0.3, -0.25) is 4.79 Å². The Bertz CT molecular complexity index is 1120. The van der Waals surface area contributed by atoms with Gasteiger partial charge < -0.3 is 9.64 Å². The molecule has 10 heteroatoms. The van der Waals surface area contributed by atoms with Gasteiger partial charge in [0.15, 0.2) is 5.82 Å². The number of carbonyl (C=O) groups excluding carboxylic acids is 1. The van der Waals surface area contributed by atoms with Crippen molar-refractivity contribution in [2.75, 3.05) is 19.7 Å². The minimum Gasteiger partial charge on any atom is -0.493 e. The first kappa shape index (κ1) is 23.7. The van der Waals surface area contributed by atoms with Gasteiger partial charge in [-0.25, -0.2) is 0 Å². The summed E-state index contributed by atoms with van der Waals surface area (Å²) in [6.07, 6.45) is -3.04. The molecule has 2 aromatic carbocycles. The van der Waals surface area contributed by atoms with E-state index in [1.165, 1.54) is 10.9 Å². The summed E-state index contributed by atoms with van der Waals surface area (Å²) < 4.78 is 45.6. The molecule has 1 aromatic heterocycles. The monoisotopic (exact) mass is 473 g/mol. The zero-order valence-electron chi connectivity index (χ0n) is 18.8. The van der Waals surface area contributed by atoms with Crippen LogP contribution >= 0.6 is 0 Å². The highest BCUT2D eigenvalue weighted by Gasteiger charge is 2.31. The van der Waals surface area contributed by atoms with E-state index in [4.69, 9.17) is 4.74 Å². The summed E-state index contributed by atoms with van der Waals surface area (Å²) in [4.78, 5) is 15.9. The van der Waals surface area contributed by atoms with Gasteiger partial charge in [0, 0.05) is 25.4 Å². The Hall–Kier alpha value is -3.43. The minimum absolute atomic E-state index is 0.0113. The number of ether oxygens (including phenoxy) is 1. The number of aryl methyl sites for hydroxylation is 2. The number of likely N-dealkylation sites (tertiary alicyclic amines) is 1. The number of hydrogen-bond donors (Lipinski definition) is 0. The number of nitrogens with zero attached hydrogens (tertiary/aromatic N) is 5. The quantitative estimate of drug-likeness (QED) is 0.496. The molecule has 3 aromatic rings. The lowest BCUT2D eigenvalue weighted by molar-refractivity contribution is -0.137. The molecule has 1 atom stereocenters. The van der Waals surface area contributed by atoms with Crippen LogP contribution in [0, 0.1) is 12.8 Å². The summed E-state index contributed by atoms with van der Waals surface area (Å²) in [7, 11) is 0. The van der Waals surface area contributed by atoms with Gasteiger partial charge >= 0.3 is 6.18 Å². The average molecular weight is 473 g/mol. The van der Waals surface area contributed by atoms with Crippen molar-refractivity contribution in [3.05, 3.63) is 71.0 Å². The molecule has 0 aliphatic carbocycles. The highest BCUT2D eigenvalue weighted by Crippen LogP contribution is 2.31. The third-order valence-corrected chi connectivity index (χ3v) is 5.87. The number of benzene rings is 2. The van der Waals surface area contributed by atoms with E-state index in [-0.39, 0.29) is 24.8 Å². The minimum atomic E-state index is -4.46. The van der Waals surface area contributed by atoms with Crippen LogP contribution in [-0.2, 0) is 23.9 Å². The molecular formula is C24H26F3N5O2. The van der Waals surface area contributed by atoms with Crippen molar-refractivity contribution < 1.29 is 22.7 Å². The Labute approximate surface area is 195 Å². The summed E-state index contributed by atoms with van der Waals surface area (Å²) in [6.45, 7) is 3.53. The number of rotatable bonds is 8. The Balaban J connectivity index is 1.36. The second kappa shape index (κ2) is 10.2. The van der Waals surface area contributed by atoms with Gasteiger partial charge in [-0.05, 0) is 60.4 Å². The molecule has 7 nitrogen and oxygen atoms in total.